The number of carbonyl (C=O) groups is 3. The summed E-state index contributed by atoms with van der Waals surface area (Å²) in [6.45, 7) is -0.174. The third-order valence-corrected chi connectivity index (χ3v) is 4.10. The number of carbonyl (C=O) groups excluding carboxylic acids is 3. The summed E-state index contributed by atoms with van der Waals surface area (Å²) in [4.78, 5) is 35.1. The number of halogens is 2. The maximum Gasteiger partial charge on any atom is 0.262 e. The number of rotatable bonds is 8. The molecule has 4 N–H and O–H groups in total. The number of ether oxygens (including phenoxy) is 1. The van der Waals surface area contributed by atoms with Crippen molar-refractivity contribution in [2.45, 2.75) is 6.42 Å². The van der Waals surface area contributed by atoms with Crippen molar-refractivity contribution < 1.29 is 19.1 Å². The van der Waals surface area contributed by atoms with Gasteiger partial charge >= 0.3 is 0 Å². The highest BCUT2D eigenvalue weighted by molar-refractivity contribution is 6.42. The van der Waals surface area contributed by atoms with Crippen LogP contribution in [0.4, 0.5) is 5.69 Å². The van der Waals surface area contributed by atoms with E-state index < -0.39 is 17.7 Å². The highest BCUT2D eigenvalue weighted by Crippen LogP contribution is 2.26. The van der Waals surface area contributed by atoms with Gasteiger partial charge in [0.2, 0.25) is 5.91 Å². The van der Waals surface area contributed by atoms with Gasteiger partial charge < -0.3 is 21.1 Å². The molecule has 0 aliphatic carbocycles. The predicted octanol–water partition coefficient (Wildman–Crippen LogP) is 2.62. The lowest BCUT2D eigenvalue weighted by molar-refractivity contribution is -0.118. The third kappa shape index (κ3) is 6.47. The number of para-hydroxylation sites is 1. The molecule has 3 amide bonds. The van der Waals surface area contributed by atoms with E-state index >= 15 is 0 Å². The van der Waals surface area contributed by atoms with Crippen molar-refractivity contribution >= 4 is 46.6 Å². The number of hydrogen-bond donors (Lipinski definition) is 3. The second kappa shape index (κ2) is 9.80. The van der Waals surface area contributed by atoms with Crippen LogP contribution in [0, 0.1) is 0 Å². The molecule has 0 radical (unpaired) electrons. The Morgan fingerprint density at radius 1 is 1.04 bits per heavy atom. The standard InChI is InChI=1S/C18H17Cl2N3O4/c19-13-6-5-11(9-14(13)20)27-10-17(25)23-15-4-2-1-3-12(15)18(26)22-8-7-16(21)24/h1-6,9H,7-8,10H2,(H2,21,24)(H,22,26)(H,23,25). The molecular weight excluding hydrogens is 393 g/mol. The summed E-state index contributed by atoms with van der Waals surface area (Å²) in [5.41, 5.74) is 5.61. The minimum atomic E-state index is -0.517. The lowest BCUT2D eigenvalue weighted by atomic mass is 10.1. The fraction of sp³-hybridized carbons (Fsp3) is 0.167. The first-order chi connectivity index (χ1) is 12.9. The van der Waals surface area contributed by atoms with Gasteiger partial charge in [-0.1, -0.05) is 35.3 Å². The van der Waals surface area contributed by atoms with Crippen molar-refractivity contribution in [3.8, 4) is 5.75 Å². The summed E-state index contributed by atoms with van der Waals surface area (Å²) >= 11 is 11.7. The van der Waals surface area contributed by atoms with Crippen molar-refractivity contribution in [1.29, 1.82) is 0 Å². The first-order valence-corrected chi connectivity index (χ1v) is 8.65. The van der Waals surface area contributed by atoms with E-state index in [9.17, 15) is 14.4 Å². The van der Waals surface area contributed by atoms with E-state index in [1.807, 2.05) is 0 Å². The minimum Gasteiger partial charge on any atom is -0.484 e. The maximum atomic E-state index is 12.2. The van der Waals surface area contributed by atoms with Gasteiger partial charge in [-0.25, -0.2) is 0 Å². The van der Waals surface area contributed by atoms with Crippen LogP contribution in [-0.4, -0.2) is 30.9 Å². The molecule has 27 heavy (non-hydrogen) atoms. The van der Waals surface area contributed by atoms with E-state index in [-0.39, 0.29) is 25.1 Å². The second-order valence-corrected chi connectivity index (χ2v) is 6.24. The van der Waals surface area contributed by atoms with Crippen LogP contribution in [0.1, 0.15) is 16.8 Å². The van der Waals surface area contributed by atoms with Crippen LogP contribution in [0.25, 0.3) is 0 Å². The number of anilines is 1. The van der Waals surface area contributed by atoms with Gasteiger partial charge in [0.05, 0.1) is 21.3 Å². The minimum absolute atomic E-state index is 0.0256. The molecule has 0 aliphatic heterocycles. The molecule has 7 nitrogen and oxygen atoms in total. The van der Waals surface area contributed by atoms with Crippen molar-refractivity contribution in [3.63, 3.8) is 0 Å². The van der Waals surface area contributed by atoms with Crippen molar-refractivity contribution in [2.24, 2.45) is 5.73 Å². The average Bonchev–Trinajstić information content (AvgIpc) is 2.62. The van der Waals surface area contributed by atoms with Gasteiger partial charge in [0.15, 0.2) is 6.61 Å². The molecule has 2 rings (SSSR count). The number of primary amides is 1. The van der Waals surface area contributed by atoms with Crippen LogP contribution in [-0.2, 0) is 9.59 Å². The molecule has 0 bridgehead atoms. The Hall–Kier alpha value is -2.77. The van der Waals surface area contributed by atoms with Crippen molar-refractivity contribution in [2.75, 3.05) is 18.5 Å². The van der Waals surface area contributed by atoms with E-state index in [4.69, 9.17) is 33.7 Å². The molecule has 9 heteroatoms. The van der Waals surface area contributed by atoms with Crippen LogP contribution >= 0.6 is 23.2 Å². The smallest absolute Gasteiger partial charge is 0.262 e. The Kier molecular flexibility index (Phi) is 7.45. The zero-order chi connectivity index (χ0) is 19.8. The lowest BCUT2D eigenvalue weighted by Crippen LogP contribution is -2.29. The Labute approximate surface area is 165 Å². The summed E-state index contributed by atoms with van der Waals surface area (Å²) in [6.07, 6.45) is 0.0256. The molecule has 0 unspecified atom stereocenters. The monoisotopic (exact) mass is 409 g/mol. The summed E-state index contributed by atoms with van der Waals surface area (Å²) in [6, 6.07) is 11.1. The van der Waals surface area contributed by atoms with Crippen LogP contribution in [0.2, 0.25) is 10.0 Å². The highest BCUT2D eigenvalue weighted by atomic mass is 35.5. The Morgan fingerprint density at radius 3 is 2.48 bits per heavy atom. The molecule has 0 atom stereocenters. The molecule has 0 saturated heterocycles. The molecule has 0 saturated carbocycles. The zero-order valence-electron chi connectivity index (χ0n) is 14.1. The first kappa shape index (κ1) is 20.5. The van der Waals surface area contributed by atoms with E-state index in [1.165, 1.54) is 6.07 Å². The fourth-order valence-electron chi connectivity index (χ4n) is 2.09. The van der Waals surface area contributed by atoms with Crippen LogP contribution in [0.3, 0.4) is 0 Å². The molecule has 0 aliphatic rings. The van der Waals surface area contributed by atoms with Gasteiger partial charge in [0, 0.05) is 19.0 Å². The molecule has 0 fully saturated rings. The highest BCUT2D eigenvalue weighted by Gasteiger charge is 2.13. The van der Waals surface area contributed by atoms with E-state index in [1.54, 1.807) is 36.4 Å². The quantitative estimate of drug-likeness (QED) is 0.621. The fourth-order valence-corrected chi connectivity index (χ4v) is 2.37. The van der Waals surface area contributed by atoms with E-state index in [0.29, 0.717) is 21.5 Å². The molecule has 0 heterocycles. The van der Waals surface area contributed by atoms with Crippen LogP contribution < -0.4 is 21.1 Å². The normalized spacial score (nSPS) is 10.1. The summed E-state index contributed by atoms with van der Waals surface area (Å²) < 4.78 is 5.36. The third-order valence-electron chi connectivity index (χ3n) is 3.36. The zero-order valence-corrected chi connectivity index (χ0v) is 15.6. The van der Waals surface area contributed by atoms with Gasteiger partial charge in [-0.2, -0.15) is 0 Å². The SMILES string of the molecule is NC(=O)CCNC(=O)c1ccccc1NC(=O)COc1ccc(Cl)c(Cl)c1. The lowest BCUT2D eigenvalue weighted by Gasteiger charge is -2.12. The average molecular weight is 410 g/mol. The second-order valence-electron chi connectivity index (χ2n) is 5.43. The molecule has 142 valence electrons. The number of nitrogens with one attached hydrogen (secondary N) is 2. The molecule has 2 aromatic rings. The van der Waals surface area contributed by atoms with Gasteiger partial charge in [-0.3, -0.25) is 14.4 Å². The molecule has 0 spiro atoms. The Balaban J connectivity index is 1.95. The number of hydrogen-bond acceptors (Lipinski definition) is 4. The van der Waals surface area contributed by atoms with E-state index in [0.717, 1.165) is 0 Å². The summed E-state index contributed by atoms with van der Waals surface area (Å²) in [5, 5.41) is 5.87. The van der Waals surface area contributed by atoms with Crippen molar-refractivity contribution in [1.82, 2.24) is 5.32 Å². The summed E-state index contributed by atoms with van der Waals surface area (Å²) in [5.74, 6) is -1.02. The largest absolute Gasteiger partial charge is 0.484 e. The van der Waals surface area contributed by atoms with E-state index in [2.05, 4.69) is 10.6 Å². The van der Waals surface area contributed by atoms with Crippen molar-refractivity contribution in [3.05, 3.63) is 58.1 Å². The number of benzene rings is 2. The first-order valence-electron chi connectivity index (χ1n) is 7.90. The van der Waals surface area contributed by atoms with Gasteiger partial charge in [0.25, 0.3) is 11.8 Å². The Morgan fingerprint density at radius 2 is 1.78 bits per heavy atom. The van der Waals surface area contributed by atoms with Gasteiger partial charge in [-0.05, 0) is 24.3 Å². The topological polar surface area (TPSA) is 111 Å². The molecule has 2 aromatic carbocycles. The van der Waals surface area contributed by atoms with Gasteiger partial charge in [-0.15, -0.1) is 0 Å². The number of amides is 3. The van der Waals surface area contributed by atoms with Crippen LogP contribution in [0.15, 0.2) is 42.5 Å². The maximum absolute atomic E-state index is 12.2. The number of nitrogens with two attached hydrogens (primary N) is 1. The molecule has 0 aromatic heterocycles. The predicted molar refractivity (Wildman–Crippen MR) is 103 cm³/mol. The van der Waals surface area contributed by atoms with Gasteiger partial charge in [0.1, 0.15) is 5.75 Å². The Bertz CT molecular complexity index is 858. The summed E-state index contributed by atoms with van der Waals surface area (Å²) in [7, 11) is 0. The van der Waals surface area contributed by atoms with Crippen LogP contribution in [0.5, 0.6) is 5.75 Å². The molecular formula is C18H17Cl2N3O4.